The lowest BCUT2D eigenvalue weighted by Gasteiger charge is -2.12. The fourth-order valence-electron chi connectivity index (χ4n) is 1.21. The number of esters is 1. The zero-order valence-corrected chi connectivity index (χ0v) is 11.0. The van der Waals surface area contributed by atoms with Crippen LogP contribution in [-0.2, 0) is 4.74 Å². The highest BCUT2D eigenvalue weighted by Crippen LogP contribution is 2.29. The Kier molecular flexibility index (Phi) is 4.18. The average molecular weight is 288 g/mol. The first-order valence-corrected chi connectivity index (χ1v) is 5.59. The van der Waals surface area contributed by atoms with Crippen molar-refractivity contribution in [2.75, 3.05) is 12.8 Å². The number of benzene rings is 1. The molecule has 0 aliphatic heterocycles. The topological polar surface area (TPSA) is 61.5 Å². The zero-order chi connectivity index (χ0) is 12.3. The van der Waals surface area contributed by atoms with Gasteiger partial charge in [-0.2, -0.15) is 0 Å². The van der Waals surface area contributed by atoms with E-state index >= 15 is 0 Å². The minimum absolute atomic E-state index is 0.180. The molecule has 88 valence electrons. The maximum absolute atomic E-state index is 11.7. The van der Waals surface area contributed by atoms with E-state index in [-0.39, 0.29) is 6.10 Å². The highest BCUT2D eigenvalue weighted by Gasteiger charge is 2.17. The van der Waals surface area contributed by atoms with E-state index < -0.39 is 5.97 Å². The van der Waals surface area contributed by atoms with Crippen molar-refractivity contribution in [3.8, 4) is 5.75 Å². The molecular formula is C11H14BrNO3. The number of rotatable bonds is 3. The molecule has 0 atom stereocenters. The molecule has 0 saturated heterocycles. The summed E-state index contributed by atoms with van der Waals surface area (Å²) < 4.78 is 10.7. The summed E-state index contributed by atoms with van der Waals surface area (Å²) >= 11 is 3.27. The van der Waals surface area contributed by atoms with Crippen molar-refractivity contribution in [3.63, 3.8) is 0 Å². The average Bonchev–Trinajstić information content (AvgIpc) is 2.15. The Labute approximate surface area is 103 Å². The summed E-state index contributed by atoms with van der Waals surface area (Å²) in [6.07, 6.45) is -0.180. The second-order valence-electron chi connectivity index (χ2n) is 3.53. The number of nitrogens with two attached hydrogens (primary N) is 1. The van der Waals surface area contributed by atoms with Gasteiger partial charge in [0.15, 0.2) is 0 Å². The summed E-state index contributed by atoms with van der Waals surface area (Å²) in [6, 6.07) is 3.26. The summed E-state index contributed by atoms with van der Waals surface area (Å²) in [4.78, 5) is 11.7. The molecule has 0 radical (unpaired) electrons. The number of hydrogen-bond donors (Lipinski definition) is 1. The highest BCUT2D eigenvalue weighted by atomic mass is 79.9. The van der Waals surface area contributed by atoms with Crippen LogP contribution in [0.2, 0.25) is 0 Å². The van der Waals surface area contributed by atoms with Crippen LogP contribution >= 0.6 is 15.9 Å². The van der Waals surface area contributed by atoms with Crippen molar-refractivity contribution in [1.29, 1.82) is 0 Å². The Bertz CT molecular complexity index is 381. The zero-order valence-electron chi connectivity index (χ0n) is 9.41. The predicted molar refractivity (Wildman–Crippen MR) is 65.7 cm³/mol. The first-order valence-electron chi connectivity index (χ1n) is 4.79. The lowest BCUT2D eigenvalue weighted by atomic mass is 10.1. The first-order chi connectivity index (χ1) is 7.45. The van der Waals surface area contributed by atoms with Crippen molar-refractivity contribution in [2.45, 2.75) is 20.0 Å². The van der Waals surface area contributed by atoms with Crippen LogP contribution in [0.3, 0.4) is 0 Å². The molecule has 5 heteroatoms. The molecule has 1 rings (SSSR count). The minimum atomic E-state index is -0.443. The number of halogens is 1. The molecule has 0 unspecified atom stereocenters. The molecule has 0 heterocycles. The molecule has 4 nitrogen and oxygen atoms in total. The molecule has 0 spiro atoms. The summed E-state index contributed by atoms with van der Waals surface area (Å²) in [5.74, 6) is 0.146. The highest BCUT2D eigenvalue weighted by molar-refractivity contribution is 9.10. The standard InChI is InChI=1S/C11H14BrNO3/c1-6(2)16-11(14)10-8(12)4-7(15-3)5-9(10)13/h4-6H,13H2,1-3H3. The predicted octanol–water partition coefficient (Wildman–Crippen LogP) is 2.61. The summed E-state index contributed by atoms with van der Waals surface area (Å²) in [5.41, 5.74) is 6.42. The third-order valence-corrected chi connectivity index (χ3v) is 2.50. The van der Waals surface area contributed by atoms with Crippen LogP contribution in [0.4, 0.5) is 5.69 Å². The Morgan fingerprint density at radius 2 is 2.06 bits per heavy atom. The van der Waals surface area contributed by atoms with Gasteiger partial charge in [0.05, 0.1) is 24.5 Å². The van der Waals surface area contributed by atoms with Gasteiger partial charge in [-0.15, -0.1) is 0 Å². The van der Waals surface area contributed by atoms with Crippen LogP contribution in [0.25, 0.3) is 0 Å². The molecule has 1 aromatic carbocycles. The summed E-state index contributed by atoms with van der Waals surface area (Å²) in [5, 5.41) is 0. The van der Waals surface area contributed by atoms with Crippen molar-refractivity contribution < 1.29 is 14.3 Å². The lowest BCUT2D eigenvalue weighted by Crippen LogP contribution is -2.14. The lowest BCUT2D eigenvalue weighted by molar-refractivity contribution is 0.0378. The fourth-order valence-corrected chi connectivity index (χ4v) is 1.82. The van der Waals surface area contributed by atoms with Gasteiger partial charge in [0.1, 0.15) is 5.75 Å². The van der Waals surface area contributed by atoms with Crippen LogP contribution < -0.4 is 10.5 Å². The molecule has 0 aliphatic carbocycles. The normalized spacial score (nSPS) is 10.3. The van der Waals surface area contributed by atoms with Crippen LogP contribution in [0.15, 0.2) is 16.6 Å². The maximum atomic E-state index is 11.7. The van der Waals surface area contributed by atoms with Crippen molar-refractivity contribution in [1.82, 2.24) is 0 Å². The van der Waals surface area contributed by atoms with Gasteiger partial charge in [-0.05, 0) is 35.8 Å². The van der Waals surface area contributed by atoms with E-state index in [1.807, 2.05) is 0 Å². The van der Waals surface area contributed by atoms with Crippen molar-refractivity contribution in [2.24, 2.45) is 0 Å². The van der Waals surface area contributed by atoms with Gasteiger partial charge < -0.3 is 15.2 Å². The van der Waals surface area contributed by atoms with Gasteiger partial charge >= 0.3 is 5.97 Å². The van der Waals surface area contributed by atoms with Crippen LogP contribution in [0.1, 0.15) is 24.2 Å². The summed E-state index contributed by atoms with van der Waals surface area (Å²) in [7, 11) is 1.54. The number of methoxy groups -OCH3 is 1. The molecule has 0 aromatic heterocycles. The third-order valence-electron chi connectivity index (χ3n) is 1.88. The molecule has 0 fully saturated rings. The number of hydrogen-bond acceptors (Lipinski definition) is 4. The summed E-state index contributed by atoms with van der Waals surface area (Å²) in [6.45, 7) is 3.57. The Morgan fingerprint density at radius 3 is 2.50 bits per heavy atom. The van der Waals surface area contributed by atoms with Crippen LogP contribution in [-0.4, -0.2) is 19.2 Å². The Morgan fingerprint density at radius 1 is 1.44 bits per heavy atom. The second kappa shape index (κ2) is 5.21. The monoisotopic (exact) mass is 287 g/mol. The van der Waals surface area contributed by atoms with E-state index in [4.69, 9.17) is 15.2 Å². The Balaban J connectivity index is 3.09. The molecule has 0 aliphatic rings. The van der Waals surface area contributed by atoms with Gasteiger partial charge in [0, 0.05) is 10.5 Å². The quantitative estimate of drug-likeness (QED) is 0.686. The Hall–Kier alpha value is -1.23. The van der Waals surface area contributed by atoms with E-state index in [0.29, 0.717) is 21.5 Å². The largest absolute Gasteiger partial charge is 0.497 e. The van der Waals surface area contributed by atoms with Crippen LogP contribution in [0, 0.1) is 0 Å². The minimum Gasteiger partial charge on any atom is -0.497 e. The second-order valence-corrected chi connectivity index (χ2v) is 4.38. The molecule has 0 saturated carbocycles. The smallest absolute Gasteiger partial charge is 0.341 e. The number of nitrogen functional groups attached to an aromatic ring is 1. The first kappa shape index (κ1) is 12.8. The van der Waals surface area contributed by atoms with Gasteiger partial charge in [0.25, 0.3) is 0 Å². The molecular weight excluding hydrogens is 274 g/mol. The van der Waals surface area contributed by atoms with E-state index in [9.17, 15) is 4.79 Å². The number of ether oxygens (including phenoxy) is 2. The molecule has 0 bridgehead atoms. The molecule has 1 aromatic rings. The third kappa shape index (κ3) is 2.88. The van der Waals surface area contributed by atoms with E-state index in [1.54, 1.807) is 26.0 Å². The van der Waals surface area contributed by atoms with Gasteiger partial charge in [-0.25, -0.2) is 4.79 Å². The number of anilines is 1. The molecule has 2 N–H and O–H groups in total. The van der Waals surface area contributed by atoms with Crippen molar-refractivity contribution >= 4 is 27.6 Å². The van der Waals surface area contributed by atoms with Gasteiger partial charge in [-0.3, -0.25) is 0 Å². The SMILES string of the molecule is COc1cc(N)c(C(=O)OC(C)C)c(Br)c1. The number of carbonyl (C=O) groups is 1. The maximum Gasteiger partial charge on any atom is 0.341 e. The van der Waals surface area contributed by atoms with E-state index in [1.165, 1.54) is 7.11 Å². The van der Waals surface area contributed by atoms with E-state index in [2.05, 4.69) is 15.9 Å². The van der Waals surface area contributed by atoms with Gasteiger partial charge in [-0.1, -0.05) is 0 Å². The molecule has 16 heavy (non-hydrogen) atoms. The fraction of sp³-hybridized carbons (Fsp3) is 0.364. The van der Waals surface area contributed by atoms with Crippen LogP contribution in [0.5, 0.6) is 5.75 Å². The molecule has 0 amide bonds. The van der Waals surface area contributed by atoms with Gasteiger partial charge in [0.2, 0.25) is 0 Å². The van der Waals surface area contributed by atoms with Crippen molar-refractivity contribution in [3.05, 3.63) is 22.2 Å². The number of carbonyl (C=O) groups excluding carboxylic acids is 1. The van der Waals surface area contributed by atoms with E-state index in [0.717, 1.165) is 0 Å².